The molecule has 0 N–H and O–H groups in total. The lowest BCUT2D eigenvalue weighted by molar-refractivity contribution is -0.104. The van der Waals surface area contributed by atoms with Crippen LogP contribution in [0.15, 0.2) is 34.9 Å². The highest BCUT2D eigenvalue weighted by Crippen LogP contribution is 2.23. The summed E-state index contributed by atoms with van der Waals surface area (Å²) in [5, 5.41) is 0. The zero-order valence-corrected chi connectivity index (χ0v) is 6.92. The maximum atomic E-state index is 10.5. The number of hydrogen-bond donors (Lipinski definition) is 0. The third kappa shape index (κ3) is 1.48. The lowest BCUT2D eigenvalue weighted by Crippen LogP contribution is -1.88. The van der Waals surface area contributed by atoms with Gasteiger partial charge in [0.15, 0.2) is 0 Å². The molecule has 11 heavy (non-hydrogen) atoms. The first-order chi connectivity index (χ1) is 5.29. The summed E-state index contributed by atoms with van der Waals surface area (Å²) in [6.07, 6.45) is 7.84. The van der Waals surface area contributed by atoms with Crippen LogP contribution < -0.4 is 0 Å². The Morgan fingerprint density at radius 1 is 1.64 bits per heavy atom. The number of carbonyl (C=O) groups is 1. The minimum Gasteiger partial charge on any atom is -0.298 e. The minimum absolute atomic E-state index is 0.802. The molecule has 0 aromatic rings. The van der Waals surface area contributed by atoms with Crippen LogP contribution in [-0.4, -0.2) is 6.29 Å². The number of allylic oxidation sites excluding steroid dienone is 6. The van der Waals surface area contributed by atoms with Crippen molar-refractivity contribution in [2.45, 2.75) is 20.3 Å². The highest BCUT2D eigenvalue weighted by Gasteiger charge is 2.07. The van der Waals surface area contributed by atoms with Gasteiger partial charge in [-0.25, -0.2) is 0 Å². The van der Waals surface area contributed by atoms with Crippen LogP contribution in [0.5, 0.6) is 0 Å². The van der Waals surface area contributed by atoms with Crippen molar-refractivity contribution in [3.05, 3.63) is 34.9 Å². The summed E-state index contributed by atoms with van der Waals surface area (Å²) in [5.74, 6) is 0. The third-order valence-corrected chi connectivity index (χ3v) is 1.92. The minimum atomic E-state index is 0.802. The lowest BCUT2D eigenvalue weighted by atomic mass is 10.1. The molecule has 0 radical (unpaired) electrons. The Morgan fingerprint density at radius 2 is 2.36 bits per heavy atom. The molecule has 1 aliphatic carbocycles. The van der Waals surface area contributed by atoms with E-state index in [2.05, 4.69) is 13.0 Å². The summed E-state index contributed by atoms with van der Waals surface area (Å²) < 4.78 is 0. The number of carbonyl (C=O) groups excluding carboxylic acids is 1. The third-order valence-electron chi connectivity index (χ3n) is 1.92. The molecule has 0 spiro atoms. The summed E-state index contributed by atoms with van der Waals surface area (Å²) in [6, 6.07) is 0. The fraction of sp³-hybridized carbons (Fsp3) is 0.300. The van der Waals surface area contributed by atoms with Crippen LogP contribution in [0.3, 0.4) is 0 Å². The van der Waals surface area contributed by atoms with E-state index in [0.717, 1.165) is 23.9 Å². The molecular weight excluding hydrogens is 136 g/mol. The van der Waals surface area contributed by atoms with E-state index >= 15 is 0 Å². The number of aldehydes is 1. The second kappa shape index (κ2) is 3.33. The first-order valence-corrected chi connectivity index (χ1v) is 3.77. The molecule has 0 aromatic carbocycles. The zero-order chi connectivity index (χ0) is 8.27. The van der Waals surface area contributed by atoms with Gasteiger partial charge in [-0.2, -0.15) is 0 Å². The van der Waals surface area contributed by atoms with Crippen molar-refractivity contribution >= 4 is 6.29 Å². The van der Waals surface area contributed by atoms with Crippen molar-refractivity contribution in [3.8, 4) is 0 Å². The van der Waals surface area contributed by atoms with Gasteiger partial charge in [0.05, 0.1) is 0 Å². The molecule has 0 aliphatic heterocycles. The van der Waals surface area contributed by atoms with Gasteiger partial charge in [0, 0.05) is 5.57 Å². The van der Waals surface area contributed by atoms with E-state index in [1.54, 1.807) is 0 Å². The monoisotopic (exact) mass is 148 g/mol. The zero-order valence-electron chi connectivity index (χ0n) is 6.92. The van der Waals surface area contributed by atoms with Gasteiger partial charge >= 0.3 is 0 Å². The van der Waals surface area contributed by atoms with E-state index in [1.165, 1.54) is 5.57 Å². The SMILES string of the molecule is C/C=C(/C=O)C1=C(C)CC=C1. The number of rotatable bonds is 2. The van der Waals surface area contributed by atoms with E-state index in [1.807, 2.05) is 19.1 Å². The molecule has 1 aliphatic rings. The number of hydrogen-bond acceptors (Lipinski definition) is 1. The Hall–Kier alpha value is -1.11. The second-order valence-electron chi connectivity index (χ2n) is 2.66. The Bertz CT molecular complexity index is 254. The van der Waals surface area contributed by atoms with E-state index in [-0.39, 0.29) is 0 Å². The molecule has 0 saturated heterocycles. The van der Waals surface area contributed by atoms with Crippen molar-refractivity contribution in [1.29, 1.82) is 0 Å². The maximum Gasteiger partial charge on any atom is 0.150 e. The maximum absolute atomic E-state index is 10.5. The summed E-state index contributed by atoms with van der Waals surface area (Å²) in [6.45, 7) is 3.94. The average molecular weight is 148 g/mol. The topological polar surface area (TPSA) is 17.1 Å². The fourth-order valence-corrected chi connectivity index (χ4v) is 1.24. The lowest BCUT2D eigenvalue weighted by Gasteiger charge is -1.99. The van der Waals surface area contributed by atoms with Crippen molar-refractivity contribution < 1.29 is 4.79 Å². The molecule has 0 atom stereocenters. The molecule has 0 saturated carbocycles. The Morgan fingerprint density at radius 3 is 2.73 bits per heavy atom. The average Bonchev–Trinajstić information content (AvgIpc) is 2.40. The molecule has 0 fully saturated rings. The van der Waals surface area contributed by atoms with Gasteiger partial charge in [-0.15, -0.1) is 0 Å². The van der Waals surface area contributed by atoms with Crippen molar-refractivity contribution in [3.63, 3.8) is 0 Å². The van der Waals surface area contributed by atoms with Crippen LogP contribution in [0, 0.1) is 0 Å². The van der Waals surface area contributed by atoms with Gasteiger partial charge in [-0.3, -0.25) is 4.79 Å². The molecule has 58 valence electrons. The van der Waals surface area contributed by atoms with Gasteiger partial charge in [0.2, 0.25) is 0 Å². The largest absolute Gasteiger partial charge is 0.298 e. The second-order valence-corrected chi connectivity index (χ2v) is 2.66. The molecule has 0 aromatic heterocycles. The van der Waals surface area contributed by atoms with Crippen LogP contribution in [0.4, 0.5) is 0 Å². The molecule has 0 heterocycles. The normalized spacial score (nSPS) is 17.8. The van der Waals surface area contributed by atoms with E-state index < -0.39 is 0 Å². The predicted molar refractivity (Wildman–Crippen MR) is 46.3 cm³/mol. The summed E-state index contributed by atoms with van der Waals surface area (Å²) in [5.41, 5.74) is 3.18. The highest BCUT2D eigenvalue weighted by atomic mass is 16.1. The van der Waals surface area contributed by atoms with Crippen molar-refractivity contribution in [2.75, 3.05) is 0 Å². The highest BCUT2D eigenvalue weighted by molar-refractivity contribution is 5.82. The van der Waals surface area contributed by atoms with Gasteiger partial charge in [-0.05, 0) is 25.8 Å². The first kappa shape index (κ1) is 7.99. The standard InChI is InChI=1S/C10H12O/c1-3-9(7-11)10-6-4-5-8(10)2/h3-4,6-7H,5H2,1-2H3/b9-3-. The molecule has 0 bridgehead atoms. The smallest absolute Gasteiger partial charge is 0.150 e. The van der Waals surface area contributed by atoms with Crippen molar-refractivity contribution in [2.24, 2.45) is 0 Å². The van der Waals surface area contributed by atoms with Gasteiger partial charge in [0.25, 0.3) is 0 Å². The quantitative estimate of drug-likeness (QED) is 0.434. The molecule has 0 unspecified atom stereocenters. The summed E-state index contributed by atoms with van der Waals surface area (Å²) in [7, 11) is 0. The van der Waals surface area contributed by atoms with E-state index in [4.69, 9.17) is 0 Å². The van der Waals surface area contributed by atoms with E-state index in [0.29, 0.717) is 0 Å². The Kier molecular flexibility index (Phi) is 2.42. The first-order valence-electron chi connectivity index (χ1n) is 3.77. The fourth-order valence-electron chi connectivity index (χ4n) is 1.24. The molecule has 1 nitrogen and oxygen atoms in total. The molecular formula is C10H12O. The summed E-state index contributed by atoms with van der Waals surface area (Å²) >= 11 is 0. The van der Waals surface area contributed by atoms with Gasteiger partial charge < -0.3 is 0 Å². The molecule has 1 rings (SSSR count). The van der Waals surface area contributed by atoms with Crippen LogP contribution >= 0.6 is 0 Å². The van der Waals surface area contributed by atoms with Gasteiger partial charge in [-0.1, -0.05) is 23.8 Å². The summed E-state index contributed by atoms with van der Waals surface area (Å²) in [4.78, 5) is 10.5. The van der Waals surface area contributed by atoms with Crippen molar-refractivity contribution in [1.82, 2.24) is 0 Å². The van der Waals surface area contributed by atoms with Crippen LogP contribution in [0.2, 0.25) is 0 Å². The predicted octanol–water partition coefficient (Wildman–Crippen LogP) is 2.41. The van der Waals surface area contributed by atoms with Crippen LogP contribution in [-0.2, 0) is 4.79 Å². The van der Waals surface area contributed by atoms with Crippen LogP contribution in [0.25, 0.3) is 0 Å². The molecule has 1 heteroatoms. The Labute approximate surface area is 67.1 Å². The Balaban J connectivity index is 2.98. The molecule has 0 amide bonds. The van der Waals surface area contributed by atoms with Gasteiger partial charge in [0.1, 0.15) is 6.29 Å². The van der Waals surface area contributed by atoms with E-state index in [9.17, 15) is 4.79 Å². The van der Waals surface area contributed by atoms with Crippen LogP contribution in [0.1, 0.15) is 20.3 Å².